The zero-order valence-electron chi connectivity index (χ0n) is 11.9. The minimum atomic E-state index is -4.43. The molecule has 1 rings (SSSR count). The average Bonchev–Trinajstić information content (AvgIpc) is 2.50. The van der Waals surface area contributed by atoms with Gasteiger partial charge in [-0.15, -0.1) is 0 Å². The monoisotopic (exact) mass is 330 g/mol. The number of hydrogen-bond acceptors (Lipinski definition) is 4. The summed E-state index contributed by atoms with van der Waals surface area (Å²) in [6, 6.07) is 3.38. The van der Waals surface area contributed by atoms with Crippen molar-refractivity contribution in [3.63, 3.8) is 0 Å². The van der Waals surface area contributed by atoms with E-state index in [0.717, 1.165) is 18.2 Å². The number of benzene rings is 1. The van der Waals surface area contributed by atoms with Crippen molar-refractivity contribution < 1.29 is 32.3 Å². The molecule has 1 aromatic rings. The van der Waals surface area contributed by atoms with Gasteiger partial charge in [-0.3, -0.25) is 10.1 Å². The Morgan fingerprint density at radius 3 is 2.30 bits per heavy atom. The molecular weight excluding hydrogens is 317 g/mol. The molecular formula is C14H13F3N2O4. The second-order valence-corrected chi connectivity index (χ2v) is 4.19. The molecule has 124 valence electrons. The van der Waals surface area contributed by atoms with Gasteiger partial charge in [-0.2, -0.15) is 13.2 Å². The minimum Gasteiger partial charge on any atom is -0.452 e. The fraction of sp³-hybridized carbons (Fsp3) is 0.214. The Balaban J connectivity index is 2.49. The van der Waals surface area contributed by atoms with Gasteiger partial charge in [-0.05, 0) is 23.8 Å². The largest absolute Gasteiger partial charge is 0.452 e. The number of nitrogens with one attached hydrogen (secondary N) is 2. The Hall–Kier alpha value is -2.84. The molecule has 0 aliphatic rings. The van der Waals surface area contributed by atoms with Crippen LogP contribution in [-0.2, 0) is 20.5 Å². The lowest BCUT2D eigenvalue weighted by Crippen LogP contribution is -2.39. The molecule has 2 N–H and O–H groups in total. The maximum atomic E-state index is 12.4. The van der Waals surface area contributed by atoms with E-state index in [-0.39, 0.29) is 0 Å². The molecule has 0 bridgehead atoms. The van der Waals surface area contributed by atoms with Gasteiger partial charge in [0.15, 0.2) is 6.61 Å². The SMILES string of the molecule is CNC(=O)NC(=O)COC(=O)/C=C/c1ccc(C(F)(F)F)cc1. The molecule has 0 fully saturated rings. The summed E-state index contributed by atoms with van der Waals surface area (Å²) in [6.45, 7) is -0.663. The van der Waals surface area contributed by atoms with E-state index in [0.29, 0.717) is 5.56 Å². The molecule has 0 aromatic heterocycles. The number of ether oxygens (including phenoxy) is 1. The van der Waals surface area contributed by atoms with Gasteiger partial charge in [0.25, 0.3) is 5.91 Å². The highest BCUT2D eigenvalue weighted by Gasteiger charge is 2.29. The van der Waals surface area contributed by atoms with Crippen molar-refractivity contribution in [1.82, 2.24) is 10.6 Å². The molecule has 3 amide bonds. The van der Waals surface area contributed by atoms with Crippen LogP contribution in [0.4, 0.5) is 18.0 Å². The third-order valence-electron chi connectivity index (χ3n) is 2.48. The normalized spacial score (nSPS) is 11.1. The number of imide groups is 1. The molecule has 0 saturated heterocycles. The van der Waals surface area contributed by atoms with E-state index in [1.54, 1.807) is 0 Å². The molecule has 0 heterocycles. The van der Waals surface area contributed by atoms with E-state index in [9.17, 15) is 27.6 Å². The van der Waals surface area contributed by atoms with Crippen LogP contribution < -0.4 is 10.6 Å². The molecule has 0 unspecified atom stereocenters. The van der Waals surface area contributed by atoms with E-state index >= 15 is 0 Å². The summed E-state index contributed by atoms with van der Waals surface area (Å²) >= 11 is 0. The van der Waals surface area contributed by atoms with E-state index in [1.807, 2.05) is 5.32 Å². The first kappa shape index (κ1) is 18.2. The number of urea groups is 1. The van der Waals surface area contributed by atoms with Crippen LogP contribution >= 0.6 is 0 Å². The molecule has 0 aliphatic carbocycles. The van der Waals surface area contributed by atoms with Crippen LogP contribution in [0.2, 0.25) is 0 Å². The summed E-state index contributed by atoms with van der Waals surface area (Å²) in [4.78, 5) is 33.3. The zero-order chi connectivity index (χ0) is 17.5. The smallest absolute Gasteiger partial charge is 0.416 e. The van der Waals surface area contributed by atoms with E-state index in [4.69, 9.17) is 0 Å². The quantitative estimate of drug-likeness (QED) is 0.650. The van der Waals surface area contributed by atoms with Crippen LogP contribution in [-0.4, -0.2) is 31.6 Å². The first-order chi connectivity index (χ1) is 10.7. The molecule has 23 heavy (non-hydrogen) atoms. The second-order valence-electron chi connectivity index (χ2n) is 4.19. The predicted molar refractivity (Wildman–Crippen MR) is 74.0 cm³/mol. The Bertz CT molecular complexity index is 609. The maximum Gasteiger partial charge on any atom is 0.416 e. The summed E-state index contributed by atoms with van der Waals surface area (Å²) in [5.41, 5.74) is -0.451. The van der Waals surface area contributed by atoms with Crippen molar-refractivity contribution >= 4 is 24.0 Å². The van der Waals surface area contributed by atoms with Crippen molar-refractivity contribution in [3.8, 4) is 0 Å². The highest BCUT2D eigenvalue weighted by molar-refractivity contribution is 5.96. The van der Waals surface area contributed by atoms with Gasteiger partial charge in [0.05, 0.1) is 5.56 Å². The van der Waals surface area contributed by atoms with Crippen LogP contribution in [0, 0.1) is 0 Å². The number of carbonyl (C=O) groups excluding carboxylic acids is 3. The van der Waals surface area contributed by atoms with Crippen molar-refractivity contribution in [2.24, 2.45) is 0 Å². The van der Waals surface area contributed by atoms with Crippen LogP contribution in [0.3, 0.4) is 0 Å². The average molecular weight is 330 g/mol. The van der Waals surface area contributed by atoms with E-state index < -0.39 is 36.3 Å². The van der Waals surface area contributed by atoms with Crippen LogP contribution in [0.15, 0.2) is 30.3 Å². The van der Waals surface area contributed by atoms with Gasteiger partial charge in [0, 0.05) is 13.1 Å². The lowest BCUT2D eigenvalue weighted by molar-refractivity contribution is -0.143. The Labute approximate surface area is 129 Å². The van der Waals surface area contributed by atoms with Crippen LogP contribution in [0.1, 0.15) is 11.1 Å². The van der Waals surface area contributed by atoms with E-state index in [1.165, 1.54) is 25.3 Å². The molecule has 0 saturated carbocycles. The van der Waals surface area contributed by atoms with Gasteiger partial charge >= 0.3 is 18.2 Å². The Kier molecular flexibility index (Phi) is 6.31. The van der Waals surface area contributed by atoms with Crippen molar-refractivity contribution in [2.75, 3.05) is 13.7 Å². The maximum absolute atomic E-state index is 12.4. The van der Waals surface area contributed by atoms with Crippen LogP contribution in [0.25, 0.3) is 6.08 Å². The minimum absolute atomic E-state index is 0.352. The summed E-state index contributed by atoms with van der Waals surface area (Å²) in [5, 5.41) is 4.02. The lowest BCUT2D eigenvalue weighted by Gasteiger charge is -2.06. The number of rotatable bonds is 4. The standard InChI is InChI=1S/C14H13F3N2O4/c1-18-13(22)19-11(20)8-23-12(21)7-4-9-2-5-10(6-3-9)14(15,16)17/h2-7H,8H2,1H3,(H2,18,19,20,22)/b7-4+. The highest BCUT2D eigenvalue weighted by atomic mass is 19.4. The molecule has 0 spiro atoms. The number of alkyl halides is 3. The number of amides is 3. The Morgan fingerprint density at radius 2 is 1.78 bits per heavy atom. The summed E-state index contributed by atoms with van der Waals surface area (Å²) < 4.78 is 41.7. The second kappa shape index (κ2) is 7.97. The van der Waals surface area contributed by atoms with Crippen molar-refractivity contribution in [1.29, 1.82) is 0 Å². The fourth-order valence-electron chi connectivity index (χ4n) is 1.36. The third kappa shape index (κ3) is 6.64. The van der Waals surface area contributed by atoms with Crippen molar-refractivity contribution in [2.45, 2.75) is 6.18 Å². The summed E-state index contributed by atoms with van der Waals surface area (Å²) in [7, 11) is 1.31. The number of halogens is 3. The summed E-state index contributed by atoms with van der Waals surface area (Å²) in [5.74, 6) is -1.70. The third-order valence-corrected chi connectivity index (χ3v) is 2.48. The Morgan fingerprint density at radius 1 is 1.17 bits per heavy atom. The molecule has 0 aliphatic heterocycles. The topological polar surface area (TPSA) is 84.5 Å². The van der Waals surface area contributed by atoms with Gasteiger partial charge in [0.2, 0.25) is 0 Å². The number of hydrogen-bond donors (Lipinski definition) is 2. The van der Waals surface area contributed by atoms with Gasteiger partial charge < -0.3 is 10.1 Å². The van der Waals surface area contributed by atoms with Gasteiger partial charge in [-0.25, -0.2) is 9.59 Å². The fourth-order valence-corrected chi connectivity index (χ4v) is 1.36. The molecule has 6 nitrogen and oxygen atoms in total. The molecule has 0 radical (unpaired) electrons. The first-order valence-corrected chi connectivity index (χ1v) is 6.26. The first-order valence-electron chi connectivity index (χ1n) is 6.26. The van der Waals surface area contributed by atoms with E-state index in [2.05, 4.69) is 10.1 Å². The number of esters is 1. The predicted octanol–water partition coefficient (Wildman–Crippen LogP) is 1.72. The molecule has 9 heteroatoms. The highest BCUT2D eigenvalue weighted by Crippen LogP contribution is 2.29. The molecule has 0 atom stereocenters. The summed E-state index contributed by atoms with van der Waals surface area (Å²) in [6.07, 6.45) is -2.24. The van der Waals surface area contributed by atoms with Gasteiger partial charge in [0.1, 0.15) is 0 Å². The lowest BCUT2D eigenvalue weighted by atomic mass is 10.1. The van der Waals surface area contributed by atoms with Gasteiger partial charge in [-0.1, -0.05) is 12.1 Å². The molecule has 1 aromatic carbocycles. The number of carbonyl (C=O) groups is 3. The van der Waals surface area contributed by atoms with Crippen LogP contribution in [0.5, 0.6) is 0 Å². The van der Waals surface area contributed by atoms with Crippen molar-refractivity contribution in [3.05, 3.63) is 41.5 Å². The zero-order valence-corrected chi connectivity index (χ0v) is 11.9.